The van der Waals surface area contributed by atoms with Crippen LogP contribution in [0.1, 0.15) is 33.3 Å². The van der Waals surface area contributed by atoms with Crippen LogP contribution >= 0.6 is 0 Å². The van der Waals surface area contributed by atoms with Gasteiger partial charge in [0.05, 0.1) is 26.4 Å². The summed E-state index contributed by atoms with van der Waals surface area (Å²) >= 11 is 0. The summed E-state index contributed by atoms with van der Waals surface area (Å²) in [6.45, 7) is 5.63. The van der Waals surface area contributed by atoms with Crippen LogP contribution in [0, 0.1) is 0 Å². The predicted octanol–water partition coefficient (Wildman–Crippen LogP) is 2.80. The first-order chi connectivity index (χ1) is 12.8. The first-order valence-electron chi connectivity index (χ1n) is 9.06. The SMILES string of the molecule is O=C(c1ccc(CN2CCOCC2)cc1)c1ccc(C2OCCO2)cc1. The van der Waals surface area contributed by atoms with Crippen molar-refractivity contribution in [2.75, 3.05) is 39.5 Å². The van der Waals surface area contributed by atoms with Gasteiger partial charge < -0.3 is 14.2 Å². The summed E-state index contributed by atoms with van der Waals surface area (Å²) in [5.41, 5.74) is 3.54. The molecule has 136 valence electrons. The maximum atomic E-state index is 12.7. The highest BCUT2D eigenvalue weighted by Gasteiger charge is 2.19. The van der Waals surface area contributed by atoms with Crippen LogP contribution in [0.15, 0.2) is 48.5 Å². The molecule has 2 aliphatic rings. The number of hydrogen-bond acceptors (Lipinski definition) is 5. The predicted molar refractivity (Wildman–Crippen MR) is 97.1 cm³/mol. The summed E-state index contributed by atoms with van der Waals surface area (Å²) in [6.07, 6.45) is -0.307. The number of morpholine rings is 1. The minimum absolute atomic E-state index is 0.0303. The molecule has 0 spiro atoms. The van der Waals surface area contributed by atoms with E-state index in [0.29, 0.717) is 24.3 Å². The van der Waals surface area contributed by atoms with Crippen molar-refractivity contribution in [3.8, 4) is 0 Å². The molecule has 2 aliphatic heterocycles. The first kappa shape index (κ1) is 17.4. The van der Waals surface area contributed by atoms with Crippen LogP contribution in [0.2, 0.25) is 0 Å². The third-order valence-electron chi connectivity index (χ3n) is 4.79. The monoisotopic (exact) mass is 353 g/mol. The van der Waals surface area contributed by atoms with Gasteiger partial charge in [-0.05, 0) is 5.56 Å². The maximum Gasteiger partial charge on any atom is 0.193 e. The van der Waals surface area contributed by atoms with Crippen molar-refractivity contribution >= 4 is 5.78 Å². The van der Waals surface area contributed by atoms with E-state index in [4.69, 9.17) is 14.2 Å². The zero-order valence-electron chi connectivity index (χ0n) is 14.7. The van der Waals surface area contributed by atoms with E-state index < -0.39 is 0 Å². The van der Waals surface area contributed by atoms with E-state index in [1.165, 1.54) is 5.56 Å². The van der Waals surface area contributed by atoms with E-state index in [1.807, 2.05) is 48.5 Å². The van der Waals surface area contributed by atoms with Gasteiger partial charge in [0.15, 0.2) is 12.1 Å². The molecular weight excluding hydrogens is 330 g/mol. The number of carbonyl (C=O) groups excluding carboxylic acids is 1. The summed E-state index contributed by atoms with van der Waals surface area (Å²) in [4.78, 5) is 15.1. The van der Waals surface area contributed by atoms with Gasteiger partial charge in [-0.25, -0.2) is 0 Å². The smallest absolute Gasteiger partial charge is 0.193 e. The Morgan fingerprint density at radius 3 is 2.04 bits per heavy atom. The molecule has 2 aromatic rings. The molecule has 5 heteroatoms. The molecule has 4 rings (SSSR count). The lowest BCUT2D eigenvalue weighted by Crippen LogP contribution is -2.35. The van der Waals surface area contributed by atoms with E-state index >= 15 is 0 Å². The topological polar surface area (TPSA) is 48.0 Å². The number of ether oxygens (including phenoxy) is 3. The number of rotatable bonds is 5. The molecule has 5 nitrogen and oxygen atoms in total. The van der Waals surface area contributed by atoms with Crippen LogP contribution in [0.25, 0.3) is 0 Å². The Bertz CT molecular complexity index is 730. The number of hydrogen-bond donors (Lipinski definition) is 0. The van der Waals surface area contributed by atoms with E-state index in [2.05, 4.69) is 4.90 Å². The van der Waals surface area contributed by atoms with Crippen LogP contribution in [0.3, 0.4) is 0 Å². The van der Waals surface area contributed by atoms with Crippen LogP contribution in [0.4, 0.5) is 0 Å². The Labute approximate surface area is 153 Å². The Balaban J connectivity index is 1.40. The zero-order chi connectivity index (χ0) is 17.8. The second-order valence-electron chi connectivity index (χ2n) is 6.61. The van der Waals surface area contributed by atoms with Crippen molar-refractivity contribution in [1.82, 2.24) is 4.90 Å². The van der Waals surface area contributed by atoms with Crippen molar-refractivity contribution in [2.45, 2.75) is 12.8 Å². The molecule has 0 radical (unpaired) electrons. The largest absolute Gasteiger partial charge is 0.379 e. The molecule has 0 aromatic heterocycles. The van der Waals surface area contributed by atoms with Crippen LogP contribution < -0.4 is 0 Å². The second kappa shape index (κ2) is 8.10. The van der Waals surface area contributed by atoms with Gasteiger partial charge in [0.25, 0.3) is 0 Å². The molecule has 2 aromatic carbocycles. The fraction of sp³-hybridized carbons (Fsp3) is 0.381. The molecule has 2 fully saturated rings. The zero-order valence-corrected chi connectivity index (χ0v) is 14.7. The van der Waals surface area contributed by atoms with Gasteiger partial charge in [0, 0.05) is 36.3 Å². The molecule has 2 heterocycles. The maximum absolute atomic E-state index is 12.7. The highest BCUT2D eigenvalue weighted by Crippen LogP contribution is 2.24. The number of ketones is 1. The highest BCUT2D eigenvalue weighted by molar-refractivity contribution is 6.08. The van der Waals surface area contributed by atoms with Gasteiger partial charge in [-0.1, -0.05) is 48.5 Å². The van der Waals surface area contributed by atoms with Gasteiger partial charge in [-0.3, -0.25) is 9.69 Å². The van der Waals surface area contributed by atoms with Gasteiger partial charge in [-0.2, -0.15) is 0 Å². The number of nitrogens with zero attached hydrogens (tertiary/aromatic N) is 1. The lowest BCUT2D eigenvalue weighted by Gasteiger charge is -2.26. The van der Waals surface area contributed by atoms with E-state index in [1.54, 1.807) is 0 Å². The molecular formula is C21H23NO4. The third kappa shape index (κ3) is 4.02. The summed E-state index contributed by atoms with van der Waals surface area (Å²) in [5, 5.41) is 0. The van der Waals surface area contributed by atoms with Gasteiger partial charge in [0.1, 0.15) is 0 Å². The molecule has 0 aliphatic carbocycles. The average molecular weight is 353 g/mol. The minimum atomic E-state index is -0.307. The van der Waals surface area contributed by atoms with Gasteiger partial charge >= 0.3 is 0 Å². The lowest BCUT2D eigenvalue weighted by atomic mass is 10.0. The fourth-order valence-corrected chi connectivity index (χ4v) is 3.29. The quantitative estimate of drug-likeness (QED) is 0.774. The van der Waals surface area contributed by atoms with Crippen LogP contribution in [0.5, 0.6) is 0 Å². The minimum Gasteiger partial charge on any atom is -0.379 e. The second-order valence-corrected chi connectivity index (χ2v) is 6.61. The Morgan fingerprint density at radius 2 is 1.42 bits per heavy atom. The van der Waals surface area contributed by atoms with Crippen molar-refractivity contribution in [2.24, 2.45) is 0 Å². The first-order valence-corrected chi connectivity index (χ1v) is 9.06. The van der Waals surface area contributed by atoms with E-state index in [-0.39, 0.29) is 12.1 Å². The molecule has 0 saturated carbocycles. The fourth-order valence-electron chi connectivity index (χ4n) is 3.29. The summed E-state index contributed by atoms with van der Waals surface area (Å²) in [7, 11) is 0. The van der Waals surface area contributed by atoms with Crippen molar-refractivity contribution in [3.05, 3.63) is 70.8 Å². The van der Waals surface area contributed by atoms with Crippen molar-refractivity contribution in [3.63, 3.8) is 0 Å². The number of benzene rings is 2. The summed E-state index contributed by atoms with van der Waals surface area (Å²) < 4.78 is 16.3. The molecule has 0 bridgehead atoms. The van der Waals surface area contributed by atoms with Gasteiger partial charge in [0.2, 0.25) is 0 Å². The molecule has 0 amide bonds. The molecule has 26 heavy (non-hydrogen) atoms. The van der Waals surface area contributed by atoms with Crippen LogP contribution in [-0.2, 0) is 20.8 Å². The molecule has 0 unspecified atom stereocenters. The number of carbonyl (C=O) groups is 1. The third-order valence-corrected chi connectivity index (χ3v) is 4.79. The summed E-state index contributed by atoms with van der Waals surface area (Å²) in [6, 6.07) is 15.4. The van der Waals surface area contributed by atoms with E-state index in [0.717, 1.165) is 38.4 Å². The standard InChI is InChI=1S/C21H23NO4/c23-20(18-5-7-19(8-6-18)21-25-13-14-26-21)17-3-1-16(2-4-17)15-22-9-11-24-12-10-22/h1-8,21H,9-15H2. The van der Waals surface area contributed by atoms with Gasteiger partial charge in [-0.15, -0.1) is 0 Å². The summed E-state index contributed by atoms with van der Waals surface area (Å²) in [5.74, 6) is 0.0303. The molecule has 0 atom stereocenters. The van der Waals surface area contributed by atoms with Crippen molar-refractivity contribution in [1.29, 1.82) is 0 Å². The van der Waals surface area contributed by atoms with Crippen LogP contribution in [-0.4, -0.2) is 50.2 Å². The van der Waals surface area contributed by atoms with E-state index in [9.17, 15) is 4.79 Å². The Morgan fingerprint density at radius 1 is 0.846 bits per heavy atom. The van der Waals surface area contributed by atoms with Crippen molar-refractivity contribution < 1.29 is 19.0 Å². The molecule has 0 N–H and O–H groups in total. The molecule has 2 saturated heterocycles. The normalized spacial score (nSPS) is 18.9. The lowest BCUT2D eigenvalue weighted by molar-refractivity contribution is -0.0441. The highest BCUT2D eigenvalue weighted by atomic mass is 16.7. The Hall–Kier alpha value is -2.05. The Kier molecular flexibility index (Phi) is 5.41. The average Bonchev–Trinajstić information content (AvgIpc) is 3.24.